The van der Waals surface area contributed by atoms with E-state index in [9.17, 15) is 14.4 Å². The summed E-state index contributed by atoms with van der Waals surface area (Å²) in [5.74, 6) is -0.747. The van der Waals surface area contributed by atoms with Gasteiger partial charge in [-0.3, -0.25) is 9.59 Å². The molecule has 1 N–H and O–H groups in total. The first-order valence-corrected chi connectivity index (χ1v) is 10.2. The molecule has 7 heteroatoms. The van der Waals surface area contributed by atoms with E-state index in [1.54, 1.807) is 19.1 Å². The van der Waals surface area contributed by atoms with Crippen LogP contribution < -0.4 is 10.7 Å². The van der Waals surface area contributed by atoms with Crippen molar-refractivity contribution in [2.45, 2.75) is 25.9 Å². The molecular weight excluding hydrogens is 398 g/mol. The van der Waals surface area contributed by atoms with Crippen LogP contribution in [0.1, 0.15) is 28.8 Å². The van der Waals surface area contributed by atoms with E-state index in [0.717, 1.165) is 18.4 Å². The third-order valence-electron chi connectivity index (χ3n) is 5.29. The fourth-order valence-electron chi connectivity index (χ4n) is 3.63. The largest absolute Gasteiger partial charge is 0.455 e. The molecule has 2 aromatic carbocycles. The van der Waals surface area contributed by atoms with E-state index >= 15 is 0 Å². The minimum Gasteiger partial charge on any atom is -0.455 e. The molecule has 1 atom stereocenters. The molecular formula is C24H23NO6. The van der Waals surface area contributed by atoms with Crippen LogP contribution in [0.3, 0.4) is 0 Å². The summed E-state index contributed by atoms with van der Waals surface area (Å²) in [6.07, 6.45) is 1.89. The van der Waals surface area contributed by atoms with Crippen LogP contribution in [0.25, 0.3) is 22.3 Å². The summed E-state index contributed by atoms with van der Waals surface area (Å²) in [7, 11) is 0. The smallest absolute Gasteiger partial charge is 0.342 e. The molecule has 1 aliphatic rings. The quantitative estimate of drug-likeness (QED) is 0.614. The van der Waals surface area contributed by atoms with E-state index in [2.05, 4.69) is 5.32 Å². The van der Waals surface area contributed by atoms with Crippen LogP contribution >= 0.6 is 0 Å². The van der Waals surface area contributed by atoms with Gasteiger partial charge in [-0.05, 0) is 31.9 Å². The van der Waals surface area contributed by atoms with Gasteiger partial charge in [-0.2, -0.15) is 0 Å². The standard InChI is InChI=1S/C24H23NO6/c1-15-21(27)18-10-5-11-19(23(18)31-22(15)16-7-3-2-4-8-16)24(28)30-14-20(26)25-13-17-9-6-12-29-17/h2-5,7-8,10-11,17H,6,9,12-14H2,1H3,(H,25,26)/t17-/m1/s1. The van der Waals surface area contributed by atoms with Crippen LogP contribution in [-0.4, -0.2) is 37.7 Å². The van der Waals surface area contributed by atoms with Crippen LogP contribution in [-0.2, 0) is 14.3 Å². The topological polar surface area (TPSA) is 94.8 Å². The van der Waals surface area contributed by atoms with Crippen LogP contribution in [0, 0.1) is 6.92 Å². The van der Waals surface area contributed by atoms with Gasteiger partial charge in [-0.15, -0.1) is 0 Å². The van der Waals surface area contributed by atoms with Crippen molar-refractivity contribution in [1.29, 1.82) is 0 Å². The Morgan fingerprint density at radius 2 is 1.94 bits per heavy atom. The first-order valence-electron chi connectivity index (χ1n) is 10.2. The molecule has 3 aromatic rings. The summed E-state index contributed by atoms with van der Waals surface area (Å²) in [5, 5.41) is 2.99. The number of benzene rings is 2. The van der Waals surface area contributed by atoms with Crippen molar-refractivity contribution in [2.75, 3.05) is 19.8 Å². The molecule has 2 heterocycles. The van der Waals surface area contributed by atoms with E-state index in [1.165, 1.54) is 6.07 Å². The van der Waals surface area contributed by atoms with E-state index in [4.69, 9.17) is 13.9 Å². The zero-order valence-corrected chi connectivity index (χ0v) is 17.2. The fourth-order valence-corrected chi connectivity index (χ4v) is 3.63. The zero-order valence-electron chi connectivity index (χ0n) is 17.2. The summed E-state index contributed by atoms with van der Waals surface area (Å²) < 4.78 is 16.6. The van der Waals surface area contributed by atoms with Gasteiger partial charge in [0.1, 0.15) is 11.3 Å². The summed E-state index contributed by atoms with van der Waals surface area (Å²) >= 11 is 0. The van der Waals surface area contributed by atoms with Crippen LogP contribution in [0.15, 0.2) is 57.7 Å². The van der Waals surface area contributed by atoms with Gasteiger partial charge < -0.3 is 19.2 Å². The Labute approximate surface area is 179 Å². The maximum absolute atomic E-state index is 12.9. The zero-order chi connectivity index (χ0) is 21.8. The van der Waals surface area contributed by atoms with Crippen LogP contribution in [0.5, 0.6) is 0 Å². The fraction of sp³-hybridized carbons (Fsp3) is 0.292. The van der Waals surface area contributed by atoms with Crippen molar-refractivity contribution in [3.63, 3.8) is 0 Å². The highest BCUT2D eigenvalue weighted by molar-refractivity contribution is 6.02. The van der Waals surface area contributed by atoms with Gasteiger partial charge in [0.2, 0.25) is 0 Å². The van der Waals surface area contributed by atoms with Gasteiger partial charge in [-0.25, -0.2) is 4.79 Å². The maximum Gasteiger partial charge on any atom is 0.342 e. The number of esters is 1. The molecule has 4 rings (SSSR count). The highest BCUT2D eigenvalue weighted by Crippen LogP contribution is 2.27. The minimum absolute atomic E-state index is 0.00615. The van der Waals surface area contributed by atoms with Gasteiger partial charge in [0.15, 0.2) is 17.6 Å². The number of carbonyl (C=O) groups is 2. The lowest BCUT2D eigenvalue weighted by Crippen LogP contribution is -2.34. The molecule has 31 heavy (non-hydrogen) atoms. The average Bonchev–Trinajstić information content (AvgIpc) is 3.32. The Balaban J connectivity index is 1.55. The van der Waals surface area contributed by atoms with Crippen LogP contribution in [0.4, 0.5) is 0 Å². The van der Waals surface area contributed by atoms with E-state index in [0.29, 0.717) is 24.5 Å². The molecule has 7 nitrogen and oxygen atoms in total. The molecule has 160 valence electrons. The lowest BCUT2D eigenvalue weighted by molar-refractivity contribution is -0.124. The van der Waals surface area contributed by atoms with Crippen molar-refractivity contribution in [1.82, 2.24) is 5.32 Å². The van der Waals surface area contributed by atoms with Gasteiger partial charge >= 0.3 is 5.97 Å². The minimum atomic E-state index is -0.733. The Bertz CT molecular complexity index is 1160. The van der Waals surface area contributed by atoms with Crippen LogP contribution in [0.2, 0.25) is 0 Å². The molecule has 1 aliphatic heterocycles. The van der Waals surface area contributed by atoms with E-state index < -0.39 is 18.5 Å². The number of fused-ring (bicyclic) bond motifs is 1. The Morgan fingerprint density at radius 1 is 1.13 bits per heavy atom. The predicted octanol–water partition coefficient (Wildman–Crippen LogP) is 3.22. The summed E-state index contributed by atoms with van der Waals surface area (Å²) in [6, 6.07) is 13.9. The lowest BCUT2D eigenvalue weighted by atomic mass is 10.0. The number of rotatable bonds is 6. The molecule has 1 aromatic heterocycles. The summed E-state index contributed by atoms with van der Waals surface area (Å²) in [5.41, 5.74) is 1.21. The molecule has 0 aliphatic carbocycles. The molecule has 0 bridgehead atoms. The maximum atomic E-state index is 12.9. The second kappa shape index (κ2) is 9.14. The van der Waals surface area contributed by atoms with Crippen molar-refractivity contribution in [3.05, 3.63) is 69.9 Å². The molecule has 0 spiro atoms. The highest BCUT2D eigenvalue weighted by atomic mass is 16.5. The monoisotopic (exact) mass is 421 g/mol. The Hall–Kier alpha value is -3.45. The number of para-hydroxylation sites is 1. The SMILES string of the molecule is Cc1c(-c2ccccc2)oc2c(C(=O)OCC(=O)NC[C@H]3CCCO3)cccc2c1=O. The Morgan fingerprint density at radius 3 is 2.68 bits per heavy atom. The van der Waals surface area contributed by atoms with Crippen molar-refractivity contribution < 1.29 is 23.5 Å². The number of amides is 1. The van der Waals surface area contributed by atoms with E-state index in [-0.39, 0.29) is 28.1 Å². The number of nitrogens with one attached hydrogen (secondary N) is 1. The molecule has 1 saturated heterocycles. The number of ether oxygens (including phenoxy) is 2. The average molecular weight is 421 g/mol. The number of hydrogen-bond acceptors (Lipinski definition) is 6. The second-order valence-electron chi connectivity index (χ2n) is 7.45. The van der Waals surface area contributed by atoms with E-state index in [1.807, 2.05) is 30.3 Å². The molecule has 1 fully saturated rings. The Kier molecular flexibility index (Phi) is 6.13. The van der Waals surface area contributed by atoms with Gasteiger partial charge in [0, 0.05) is 24.3 Å². The summed E-state index contributed by atoms with van der Waals surface area (Å²) in [6.45, 7) is 2.35. The van der Waals surface area contributed by atoms with Crippen molar-refractivity contribution in [3.8, 4) is 11.3 Å². The lowest BCUT2D eigenvalue weighted by Gasteiger charge is -2.12. The normalized spacial score (nSPS) is 15.7. The predicted molar refractivity (Wildman–Crippen MR) is 115 cm³/mol. The highest BCUT2D eigenvalue weighted by Gasteiger charge is 2.21. The first kappa shape index (κ1) is 20.8. The third-order valence-corrected chi connectivity index (χ3v) is 5.29. The third kappa shape index (κ3) is 4.51. The van der Waals surface area contributed by atoms with Gasteiger partial charge in [0.05, 0.1) is 11.5 Å². The first-order chi connectivity index (χ1) is 15.0. The van der Waals surface area contributed by atoms with Gasteiger partial charge in [-0.1, -0.05) is 36.4 Å². The molecule has 0 unspecified atom stereocenters. The second-order valence-corrected chi connectivity index (χ2v) is 7.45. The van der Waals surface area contributed by atoms with Crippen molar-refractivity contribution in [2.24, 2.45) is 0 Å². The summed E-state index contributed by atoms with van der Waals surface area (Å²) in [4.78, 5) is 37.6. The molecule has 1 amide bonds. The molecule has 0 saturated carbocycles. The van der Waals surface area contributed by atoms with Gasteiger partial charge in [0.25, 0.3) is 5.91 Å². The molecule has 0 radical (unpaired) electrons. The number of hydrogen-bond donors (Lipinski definition) is 1. The number of carbonyl (C=O) groups excluding carboxylic acids is 2. The van der Waals surface area contributed by atoms with Crippen molar-refractivity contribution >= 4 is 22.8 Å².